The van der Waals surface area contributed by atoms with Gasteiger partial charge in [0.2, 0.25) is 0 Å². The molecule has 0 radical (unpaired) electrons. The van der Waals surface area contributed by atoms with Gasteiger partial charge in [-0.1, -0.05) is 6.07 Å². The molecule has 0 aliphatic carbocycles. The zero-order valence-electron chi connectivity index (χ0n) is 11.5. The first-order chi connectivity index (χ1) is 10.1. The van der Waals surface area contributed by atoms with Gasteiger partial charge in [-0.15, -0.1) is 0 Å². The van der Waals surface area contributed by atoms with E-state index in [1.807, 2.05) is 23.1 Å². The van der Waals surface area contributed by atoms with E-state index in [2.05, 4.69) is 15.0 Å². The quantitative estimate of drug-likeness (QED) is 0.871. The predicted octanol–water partition coefficient (Wildman–Crippen LogP) is 2.77. The van der Waals surface area contributed by atoms with Crippen LogP contribution >= 0.6 is 0 Å². The third kappa shape index (κ3) is 3.58. The molecule has 0 saturated carbocycles. The molecule has 0 N–H and O–H groups in total. The van der Waals surface area contributed by atoms with E-state index in [-0.39, 0.29) is 12.8 Å². The Morgan fingerprint density at radius 1 is 1.05 bits per heavy atom. The van der Waals surface area contributed by atoms with Crippen LogP contribution < -0.4 is 0 Å². The van der Waals surface area contributed by atoms with E-state index >= 15 is 0 Å². The molecule has 6 heteroatoms. The number of hydrogen-bond acceptors (Lipinski definition) is 4. The van der Waals surface area contributed by atoms with Crippen molar-refractivity contribution in [2.45, 2.75) is 25.3 Å². The second-order valence-corrected chi connectivity index (χ2v) is 5.26. The second kappa shape index (κ2) is 5.81. The molecule has 1 saturated heterocycles. The monoisotopic (exact) mass is 290 g/mol. The van der Waals surface area contributed by atoms with E-state index in [4.69, 9.17) is 0 Å². The first-order valence-corrected chi connectivity index (χ1v) is 6.95. The molecular weight excluding hydrogens is 274 g/mol. The van der Waals surface area contributed by atoms with Gasteiger partial charge in [-0.2, -0.15) is 0 Å². The van der Waals surface area contributed by atoms with E-state index in [1.165, 1.54) is 0 Å². The minimum Gasteiger partial charge on any atom is -0.299 e. The molecule has 0 bridgehead atoms. The van der Waals surface area contributed by atoms with Crippen molar-refractivity contribution in [3.8, 4) is 11.5 Å². The molecule has 1 aliphatic rings. The summed E-state index contributed by atoms with van der Waals surface area (Å²) in [4.78, 5) is 14.8. The zero-order chi connectivity index (χ0) is 14.7. The molecule has 0 atom stereocenters. The molecule has 3 rings (SSSR count). The number of halogens is 2. The largest absolute Gasteiger partial charge is 0.299 e. The standard InChI is InChI=1S/C15H16F2N4/c16-15(17)4-7-21(8-5-15)11-12-9-19-14(20-10-12)13-3-1-2-6-18-13/h1-3,6,9-10H,4-5,7-8,11H2. The average Bonchev–Trinajstić information content (AvgIpc) is 2.51. The van der Waals surface area contributed by atoms with Crippen molar-refractivity contribution in [3.63, 3.8) is 0 Å². The number of alkyl halides is 2. The van der Waals surface area contributed by atoms with E-state index in [9.17, 15) is 8.78 Å². The van der Waals surface area contributed by atoms with Crippen molar-refractivity contribution in [2.24, 2.45) is 0 Å². The minimum absolute atomic E-state index is 0.0696. The van der Waals surface area contributed by atoms with Gasteiger partial charge in [0, 0.05) is 56.6 Å². The van der Waals surface area contributed by atoms with Crippen LogP contribution in [0.1, 0.15) is 18.4 Å². The number of pyridine rings is 1. The summed E-state index contributed by atoms with van der Waals surface area (Å²) in [6.07, 6.45) is 5.04. The number of aromatic nitrogens is 3. The third-order valence-corrected chi connectivity index (χ3v) is 3.59. The van der Waals surface area contributed by atoms with Gasteiger partial charge in [0.1, 0.15) is 5.69 Å². The molecule has 0 aromatic carbocycles. The fraction of sp³-hybridized carbons (Fsp3) is 0.400. The van der Waals surface area contributed by atoms with E-state index in [0.717, 1.165) is 11.3 Å². The number of rotatable bonds is 3. The van der Waals surface area contributed by atoms with Gasteiger partial charge in [0.05, 0.1) is 0 Å². The summed E-state index contributed by atoms with van der Waals surface area (Å²) in [5.74, 6) is -1.93. The highest BCUT2D eigenvalue weighted by Crippen LogP contribution is 2.28. The van der Waals surface area contributed by atoms with Crippen LogP contribution in [-0.4, -0.2) is 38.9 Å². The number of hydrogen-bond donors (Lipinski definition) is 0. The summed E-state index contributed by atoms with van der Waals surface area (Å²) in [5, 5.41) is 0. The number of piperidine rings is 1. The summed E-state index contributed by atoms with van der Waals surface area (Å²) >= 11 is 0. The summed E-state index contributed by atoms with van der Waals surface area (Å²) in [7, 11) is 0. The van der Waals surface area contributed by atoms with Crippen LogP contribution in [0.15, 0.2) is 36.8 Å². The van der Waals surface area contributed by atoms with E-state index < -0.39 is 5.92 Å². The molecule has 1 fully saturated rings. The lowest BCUT2D eigenvalue weighted by molar-refractivity contribution is -0.0566. The Morgan fingerprint density at radius 3 is 2.38 bits per heavy atom. The molecular formula is C15H16F2N4. The molecule has 21 heavy (non-hydrogen) atoms. The average molecular weight is 290 g/mol. The van der Waals surface area contributed by atoms with Crippen LogP contribution in [0.4, 0.5) is 8.78 Å². The number of nitrogens with zero attached hydrogens (tertiary/aromatic N) is 4. The highest BCUT2D eigenvalue weighted by Gasteiger charge is 2.33. The van der Waals surface area contributed by atoms with Crippen LogP contribution in [0.3, 0.4) is 0 Å². The summed E-state index contributed by atoms with van der Waals surface area (Å²) in [6.45, 7) is 1.43. The van der Waals surface area contributed by atoms with Crippen molar-refractivity contribution >= 4 is 0 Å². The van der Waals surface area contributed by atoms with Crippen LogP contribution in [0, 0.1) is 0 Å². The van der Waals surface area contributed by atoms with Gasteiger partial charge in [-0.05, 0) is 12.1 Å². The molecule has 0 amide bonds. The third-order valence-electron chi connectivity index (χ3n) is 3.59. The Bertz CT molecular complexity index is 576. The lowest BCUT2D eigenvalue weighted by atomic mass is 10.1. The van der Waals surface area contributed by atoms with Crippen LogP contribution in [0.5, 0.6) is 0 Å². The first-order valence-electron chi connectivity index (χ1n) is 6.95. The Hall–Kier alpha value is -1.95. The topological polar surface area (TPSA) is 41.9 Å². The van der Waals surface area contributed by atoms with Crippen LogP contribution in [0.25, 0.3) is 11.5 Å². The lowest BCUT2D eigenvalue weighted by Gasteiger charge is -2.31. The highest BCUT2D eigenvalue weighted by molar-refractivity contribution is 5.47. The first kappa shape index (κ1) is 14.0. The van der Waals surface area contributed by atoms with Crippen molar-refractivity contribution in [2.75, 3.05) is 13.1 Å². The maximum atomic E-state index is 13.1. The molecule has 3 heterocycles. The Kier molecular flexibility index (Phi) is 3.88. The summed E-state index contributed by atoms with van der Waals surface area (Å²) in [5.41, 5.74) is 1.65. The molecule has 2 aromatic heterocycles. The molecule has 0 spiro atoms. The summed E-state index contributed by atoms with van der Waals surface area (Å²) in [6, 6.07) is 5.57. The minimum atomic E-state index is -2.50. The fourth-order valence-corrected chi connectivity index (χ4v) is 2.36. The van der Waals surface area contributed by atoms with Gasteiger partial charge in [0.15, 0.2) is 5.82 Å². The molecule has 4 nitrogen and oxygen atoms in total. The molecule has 1 aliphatic heterocycles. The van der Waals surface area contributed by atoms with E-state index in [1.54, 1.807) is 18.6 Å². The Balaban J connectivity index is 1.63. The zero-order valence-corrected chi connectivity index (χ0v) is 11.5. The fourth-order valence-electron chi connectivity index (χ4n) is 2.36. The lowest BCUT2D eigenvalue weighted by Crippen LogP contribution is -2.38. The van der Waals surface area contributed by atoms with Gasteiger partial charge in [0.25, 0.3) is 5.92 Å². The smallest absolute Gasteiger partial charge is 0.250 e. The van der Waals surface area contributed by atoms with Crippen LogP contribution in [0.2, 0.25) is 0 Å². The van der Waals surface area contributed by atoms with Gasteiger partial charge >= 0.3 is 0 Å². The maximum Gasteiger partial charge on any atom is 0.250 e. The van der Waals surface area contributed by atoms with Crippen LogP contribution in [-0.2, 0) is 6.54 Å². The highest BCUT2D eigenvalue weighted by atomic mass is 19.3. The summed E-state index contributed by atoms with van der Waals surface area (Å²) < 4.78 is 26.2. The van der Waals surface area contributed by atoms with E-state index in [0.29, 0.717) is 25.5 Å². The van der Waals surface area contributed by atoms with Crippen molar-refractivity contribution in [1.29, 1.82) is 0 Å². The van der Waals surface area contributed by atoms with Crippen molar-refractivity contribution in [1.82, 2.24) is 19.9 Å². The second-order valence-electron chi connectivity index (χ2n) is 5.26. The maximum absolute atomic E-state index is 13.1. The van der Waals surface area contributed by atoms with Crippen molar-refractivity contribution < 1.29 is 8.78 Å². The molecule has 0 unspecified atom stereocenters. The molecule has 110 valence electrons. The number of likely N-dealkylation sites (tertiary alicyclic amines) is 1. The van der Waals surface area contributed by atoms with Gasteiger partial charge < -0.3 is 0 Å². The molecule has 2 aromatic rings. The Labute approximate surface area is 121 Å². The van der Waals surface area contributed by atoms with Gasteiger partial charge in [-0.25, -0.2) is 18.7 Å². The van der Waals surface area contributed by atoms with Gasteiger partial charge in [-0.3, -0.25) is 9.88 Å². The predicted molar refractivity (Wildman–Crippen MR) is 74.7 cm³/mol. The Morgan fingerprint density at radius 2 is 1.76 bits per heavy atom. The normalized spacial score (nSPS) is 18.6. The SMILES string of the molecule is FC1(F)CCN(Cc2cnc(-c3ccccn3)nc2)CC1. The van der Waals surface area contributed by atoms with Crippen molar-refractivity contribution in [3.05, 3.63) is 42.4 Å².